The number of hydrogen-bond donors (Lipinski definition) is 1. The molecule has 2 rings (SSSR count). The number of methoxy groups -OCH3 is 1. The van der Waals surface area contributed by atoms with Crippen molar-refractivity contribution in [1.82, 2.24) is 5.32 Å². The van der Waals surface area contributed by atoms with Gasteiger partial charge in [-0.1, -0.05) is 0 Å². The van der Waals surface area contributed by atoms with Crippen molar-refractivity contribution in [2.45, 2.75) is 6.10 Å². The van der Waals surface area contributed by atoms with E-state index in [2.05, 4.69) is 5.32 Å². The van der Waals surface area contributed by atoms with Crippen molar-refractivity contribution in [2.75, 3.05) is 26.8 Å². The fourth-order valence-corrected chi connectivity index (χ4v) is 1.72. The average molecular weight is 229 g/mol. The van der Waals surface area contributed by atoms with Crippen LogP contribution in [0, 0.1) is 11.6 Å². The summed E-state index contributed by atoms with van der Waals surface area (Å²) >= 11 is 0. The maximum Gasteiger partial charge on any atom is 0.200 e. The Morgan fingerprint density at radius 1 is 1.38 bits per heavy atom. The lowest BCUT2D eigenvalue weighted by Gasteiger charge is -2.24. The van der Waals surface area contributed by atoms with Gasteiger partial charge in [0.15, 0.2) is 11.6 Å². The Hall–Kier alpha value is -1.20. The van der Waals surface area contributed by atoms with Crippen molar-refractivity contribution >= 4 is 0 Å². The van der Waals surface area contributed by atoms with Gasteiger partial charge in [-0.05, 0) is 12.1 Å². The lowest BCUT2D eigenvalue weighted by Crippen LogP contribution is -2.33. The number of ether oxygens (including phenoxy) is 2. The lowest BCUT2D eigenvalue weighted by molar-refractivity contribution is 0.0250. The van der Waals surface area contributed by atoms with E-state index in [-0.39, 0.29) is 11.3 Å². The SMILES string of the molecule is COc1ccc(C2CNCCO2)c(F)c1F. The number of benzene rings is 1. The molecule has 1 aliphatic heterocycles. The van der Waals surface area contributed by atoms with Gasteiger partial charge in [0.1, 0.15) is 0 Å². The predicted octanol–water partition coefficient (Wildman–Crippen LogP) is 1.63. The van der Waals surface area contributed by atoms with Crippen molar-refractivity contribution in [1.29, 1.82) is 0 Å². The Balaban J connectivity index is 2.30. The minimum absolute atomic E-state index is 0.0926. The summed E-state index contributed by atoms with van der Waals surface area (Å²) in [6.45, 7) is 1.72. The van der Waals surface area contributed by atoms with Crippen molar-refractivity contribution in [2.24, 2.45) is 0 Å². The van der Waals surface area contributed by atoms with Crippen LogP contribution in [-0.2, 0) is 4.74 Å². The third-order valence-corrected chi connectivity index (χ3v) is 2.57. The number of hydrogen-bond acceptors (Lipinski definition) is 3. The van der Waals surface area contributed by atoms with Crippen LogP contribution in [0.3, 0.4) is 0 Å². The standard InChI is InChI=1S/C11H13F2NO2/c1-15-8-3-2-7(10(12)11(8)13)9-6-14-4-5-16-9/h2-3,9,14H,4-6H2,1H3. The Morgan fingerprint density at radius 2 is 2.19 bits per heavy atom. The van der Waals surface area contributed by atoms with Crippen LogP contribution in [0.15, 0.2) is 12.1 Å². The molecule has 1 aromatic carbocycles. The Morgan fingerprint density at radius 3 is 2.81 bits per heavy atom. The Kier molecular flexibility index (Phi) is 3.36. The van der Waals surface area contributed by atoms with Gasteiger partial charge in [0.05, 0.1) is 19.8 Å². The van der Waals surface area contributed by atoms with Crippen molar-refractivity contribution in [3.05, 3.63) is 29.3 Å². The third kappa shape index (κ3) is 2.01. The van der Waals surface area contributed by atoms with E-state index in [4.69, 9.17) is 9.47 Å². The summed E-state index contributed by atoms with van der Waals surface area (Å²) in [5.41, 5.74) is 0.227. The van der Waals surface area contributed by atoms with Crippen molar-refractivity contribution in [3.8, 4) is 5.75 Å². The predicted molar refractivity (Wildman–Crippen MR) is 54.5 cm³/mol. The first-order chi connectivity index (χ1) is 7.74. The largest absolute Gasteiger partial charge is 0.494 e. The van der Waals surface area contributed by atoms with Crippen LogP contribution >= 0.6 is 0 Å². The topological polar surface area (TPSA) is 30.5 Å². The van der Waals surface area contributed by atoms with Gasteiger partial charge in [0.25, 0.3) is 0 Å². The van der Waals surface area contributed by atoms with Gasteiger partial charge in [-0.2, -0.15) is 4.39 Å². The summed E-state index contributed by atoms with van der Waals surface area (Å²) in [6.07, 6.45) is -0.436. The van der Waals surface area contributed by atoms with Gasteiger partial charge in [-0.3, -0.25) is 0 Å². The second-order valence-corrected chi connectivity index (χ2v) is 3.55. The molecule has 1 unspecified atom stereocenters. The highest BCUT2D eigenvalue weighted by Gasteiger charge is 2.23. The molecule has 0 radical (unpaired) electrons. The number of halogens is 2. The molecule has 1 fully saturated rings. The molecule has 0 aliphatic carbocycles. The van der Waals surface area contributed by atoms with E-state index in [9.17, 15) is 8.78 Å². The molecule has 0 aromatic heterocycles. The van der Waals surface area contributed by atoms with Crippen LogP contribution in [0.1, 0.15) is 11.7 Å². The molecule has 88 valence electrons. The van der Waals surface area contributed by atoms with E-state index >= 15 is 0 Å². The normalized spacial score (nSPS) is 20.8. The molecule has 16 heavy (non-hydrogen) atoms. The molecule has 1 aliphatic rings. The molecular weight excluding hydrogens is 216 g/mol. The number of nitrogens with one attached hydrogen (secondary N) is 1. The fraction of sp³-hybridized carbons (Fsp3) is 0.455. The molecule has 0 amide bonds. The van der Waals surface area contributed by atoms with E-state index in [1.807, 2.05) is 0 Å². The van der Waals surface area contributed by atoms with E-state index < -0.39 is 17.7 Å². The first-order valence-corrected chi connectivity index (χ1v) is 5.08. The van der Waals surface area contributed by atoms with E-state index in [1.54, 1.807) is 0 Å². The summed E-state index contributed by atoms with van der Waals surface area (Å²) in [7, 11) is 1.30. The van der Waals surface area contributed by atoms with Crippen molar-refractivity contribution < 1.29 is 18.3 Å². The molecule has 1 saturated heterocycles. The zero-order chi connectivity index (χ0) is 11.5. The molecule has 0 saturated carbocycles. The van der Waals surface area contributed by atoms with Crippen LogP contribution in [0.5, 0.6) is 5.75 Å². The second kappa shape index (κ2) is 4.76. The van der Waals surface area contributed by atoms with Gasteiger partial charge in [-0.25, -0.2) is 4.39 Å². The minimum Gasteiger partial charge on any atom is -0.494 e. The quantitative estimate of drug-likeness (QED) is 0.836. The monoisotopic (exact) mass is 229 g/mol. The Bertz CT molecular complexity index is 378. The maximum absolute atomic E-state index is 13.7. The first-order valence-electron chi connectivity index (χ1n) is 5.08. The van der Waals surface area contributed by atoms with Gasteiger partial charge in [-0.15, -0.1) is 0 Å². The zero-order valence-corrected chi connectivity index (χ0v) is 8.93. The summed E-state index contributed by atoms with van der Waals surface area (Å²) in [6, 6.07) is 2.90. The molecule has 0 bridgehead atoms. The average Bonchev–Trinajstić information content (AvgIpc) is 2.34. The second-order valence-electron chi connectivity index (χ2n) is 3.55. The smallest absolute Gasteiger partial charge is 0.200 e. The van der Waals surface area contributed by atoms with Gasteiger partial charge in [0.2, 0.25) is 5.82 Å². The minimum atomic E-state index is -0.964. The van der Waals surface area contributed by atoms with Crippen LogP contribution < -0.4 is 10.1 Å². The summed E-state index contributed by atoms with van der Waals surface area (Å²) < 4.78 is 37.2. The molecule has 1 aromatic rings. The molecule has 5 heteroatoms. The van der Waals surface area contributed by atoms with Gasteiger partial charge < -0.3 is 14.8 Å². The first kappa shape index (κ1) is 11.3. The van der Waals surface area contributed by atoms with Crippen molar-refractivity contribution in [3.63, 3.8) is 0 Å². The highest BCUT2D eigenvalue weighted by molar-refractivity contribution is 5.32. The number of morpholine rings is 1. The highest BCUT2D eigenvalue weighted by Crippen LogP contribution is 2.28. The van der Waals surface area contributed by atoms with Crippen LogP contribution in [0.2, 0.25) is 0 Å². The van der Waals surface area contributed by atoms with Crippen LogP contribution in [-0.4, -0.2) is 26.8 Å². The van der Waals surface area contributed by atoms with Gasteiger partial charge in [0, 0.05) is 18.7 Å². The molecule has 3 nitrogen and oxygen atoms in total. The number of rotatable bonds is 2. The summed E-state index contributed by atoms with van der Waals surface area (Å²) in [4.78, 5) is 0. The van der Waals surface area contributed by atoms with Gasteiger partial charge >= 0.3 is 0 Å². The lowest BCUT2D eigenvalue weighted by atomic mass is 10.1. The molecular formula is C11H13F2NO2. The van der Waals surface area contributed by atoms with E-state index in [0.29, 0.717) is 13.2 Å². The summed E-state index contributed by atoms with van der Waals surface area (Å²) in [5.74, 6) is -1.95. The summed E-state index contributed by atoms with van der Waals surface area (Å²) in [5, 5.41) is 3.06. The van der Waals surface area contributed by atoms with Crippen LogP contribution in [0.25, 0.3) is 0 Å². The fourth-order valence-electron chi connectivity index (χ4n) is 1.72. The third-order valence-electron chi connectivity index (χ3n) is 2.57. The maximum atomic E-state index is 13.7. The Labute approximate surface area is 92.4 Å². The molecule has 1 atom stereocenters. The zero-order valence-electron chi connectivity index (χ0n) is 8.93. The molecule has 1 N–H and O–H groups in total. The molecule has 1 heterocycles. The van der Waals surface area contributed by atoms with E-state index in [1.165, 1.54) is 19.2 Å². The highest BCUT2D eigenvalue weighted by atomic mass is 19.2. The van der Waals surface area contributed by atoms with E-state index in [0.717, 1.165) is 6.54 Å². The molecule has 0 spiro atoms. The van der Waals surface area contributed by atoms with Crippen LogP contribution in [0.4, 0.5) is 8.78 Å².